The summed E-state index contributed by atoms with van der Waals surface area (Å²) < 4.78 is 13.1. The molecule has 4 rings (SSSR count). The molecule has 9 heteroatoms. The van der Waals surface area contributed by atoms with Gasteiger partial charge in [-0.15, -0.1) is 34.2 Å². The van der Waals surface area contributed by atoms with Gasteiger partial charge in [-0.1, -0.05) is 19.8 Å². The highest BCUT2D eigenvalue weighted by molar-refractivity contribution is 14.0. The minimum atomic E-state index is 0. The third-order valence-corrected chi connectivity index (χ3v) is 6.32. The molecule has 0 bridgehead atoms. The van der Waals surface area contributed by atoms with E-state index in [0.717, 1.165) is 55.8 Å². The summed E-state index contributed by atoms with van der Waals surface area (Å²) in [7, 11) is 3.38. The van der Waals surface area contributed by atoms with Gasteiger partial charge in [-0.2, -0.15) is 0 Å². The van der Waals surface area contributed by atoms with Gasteiger partial charge in [0.15, 0.2) is 17.5 Å². The number of aromatic nitrogens is 3. The lowest BCUT2D eigenvalue weighted by molar-refractivity contribution is 0.344. The summed E-state index contributed by atoms with van der Waals surface area (Å²) >= 11 is 0. The summed E-state index contributed by atoms with van der Waals surface area (Å²) in [6.45, 7) is 5.36. The Bertz CT molecular complexity index is 910. The predicted octanol–water partition coefficient (Wildman–Crippen LogP) is 3.42. The molecule has 176 valence electrons. The van der Waals surface area contributed by atoms with Crippen molar-refractivity contribution < 1.29 is 9.47 Å². The topological polar surface area (TPSA) is 76.8 Å². The van der Waals surface area contributed by atoms with E-state index in [4.69, 9.17) is 14.5 Å². The molecule has 2 aliphatic rings. The van der Waals surface area contributed by atoms with Crippen molar-refractivity contribution in [1.82, 2.24) is 25.0 Å². The summed E-state index contributed by atoms with van der Waals surface area (Å²) in [6, 6.07) is 4.75. The normalized spacial score (nSPS) is 16.5. The summed E-state index contributed by atoms with van der Waals surface area (Å²) in [5.41, 5.74) is 2.60. The fourth-order valence-corrected chi connectivity index (χ4v) is 4.56. The van der Waals surface area contributed by atoms with E-state index in [0.29, 0.717) is 12.6 Å². The Balaban J connectivity index is 0.00000289. The molecule has 0 spiro atoms. The van der Waals surface area contributed by atoms with Gasteiger partial charge in [0, 0.05) is 32.1 Å². The maximum absolute atomic E-state index is 5.53. The first-order valence-corrected chi connectivity index (χ1v) is 11.4. The number of nitrogens with zero attached hydrogens (tertiary/aromatic N) is 5. The second-order valence-electron chi connectivity index (χ2n) is 8.27. The van der Waals surface area contributed by atoms with Gasteiger partial charge < -0.3 is 24.3 Å². The molecule has 0 unspecified atom stereocenters. The molecule has 1 aliphatic carbocycles. The van der Waals surface area contributed by atoms with E-state index in [2.05, 4.69) is 44.0 Å². The Labute approximate surface area is 207 Å². The van der Waals surface area contributed by atoms with Crippen LogP contribution in [0.5, 0.6) is 11.5 Å². The van der Waals surface area contributed by atoms with Crippen molar-refractivity contribution in [2.24, 2.45) is 4.99 Å². The van der Waals surface area contributed by atoms with Crippen LogP contribution in [-0.4, -0.2) is 59.0 Å². The van der Waals surface area contributed by atoms with Crippen LogP contribution in [0.2, 0.25) is 0 Å². The molecular formula is C23H35IN6O2. The number of rotatable bonds is 7. The summed E-state index contributed by atoms with van der Waals surface area (Å²) in [4.78, 5) is 7.38. The maximum Gasteiger partial charge on any atom is 0.194 e. The van der Waals surface area contributed by atoms with Gasteiger partial charge in [0.25, 0.3) is 0 Å². The fourth-order valence-electron chi connectivity index (χ4n) is 4.56. The number of fused-ring (bicyclic) bond motifs is 1. The zero-order valence-corrected chi connectivity index (χ0v) is 21.7. The Morgan fingerprint density at radius 2 is 1.88 bits per heavy atom. The first kappa shape index (κ1) is 24.6. The zero-order valence-electron chi connectivity index (χ0n) is 19.3. The number of benzene rings is 1. The second-order valence-corrected chi connectivity index (χ2v) is 8.27. The van der Waals surface area contributed by atoms with Crippen molar-refractivity contribution in [3.63, 3.8) is 0 Å². The Kier molecular flexibility index (Phi) is 9.01. The van der Waals surface area contributed by atoms with Crippen LogP contribution in [-0.2, 0) is 25.9 Å². The molecule has 32 heavy (non-hydrogen) atoms. The molecule has 1 fully saturated rings. The van der Waals surface area contributed by atoms with E-state index < -0.39 is 0 Å². The van der Waals surface area contributed by atoms with Gasteiger partial charge in [0.1, 0.15) is 12.2 Å². The van der Waals surface area contributed by atoms with Crippen molar-refractivity contribution >= 4 is 29.9 Å². The molecule has 1 aromatic carbocycles. The maximum atomic E-state index is 5.53. The monoisotopic (exact) mass is 554 g/mol. The molecule has 1 aliphatic heterocycles. The average Bonchev–Trinajstić information content (AvgIpc) is 3.48. The minimum absolute atomic E-state index is 0. The van der Waals surface area contributed by atoms with Crippen LogP contribution in [0.4, 0.5) is 0 Å². The second kappa shape index (κ2) is 11.7. The third kappa shape index (κ3) is 5.65. The van der Waals surface area contributed by atoms with Crippen LogP contribution in [0.15, 0.2) is 23.5 Å². The number of guanidine groups is 1. The lowest BCUT2D eigenvalue weighted by Crippen LogP contribution is -2.47. The number of aliphatic imine (C=N–C) groups is 1. The summed E-state index contributed by atoms with van der Waals surface area (Å²) in [5.74, 6) is 3.60. The van der Waals surface area contributed by atoms with Crippen LogP contribution in [0, 0.1) is 0 Å². The number of aryl methyl sites for hydroxylation is 1. The van der Waals surface area contributed by atoms with Gasteiger partial charge in [0.2, 0.25) is 0 Å². The molecule has 1 saturated carbocycles. The molecular weight excluding hydrogens is 519 g/mol. The van der Waals surface area contributed by atoms with Gasteiger partial charge in [-0.25, -0.2) is 0 Å². The van der Waals surface area contributed by atoms with Crippen molar-refractivity contribution in [2.45, 2.75) is 64.6 Å². The minimum Gasteiger partial charge on any atom is -0.493 e. The van der Waals surface area contributed by atoms with E-state index in [1.165, 1.54) is 36.8 Å². The number of ether oxygens (including phenoxy) is 2. The van der Waals surface area contributed by atoms with E-state index in [1.807, 2.05) is 0 Å². The van der Waals surface area contributed by atoms with Crippen LogP contribution >= 0.6 is 24.0 Å². The predicted molar refractivity (Wildman–Crippen MR) is 136 cm³/mol. The summed E-state index contributed by atoms with van der Waals surface area (Å²) in [5, 5.41) is 12.0. The SMILES string of the molecule is CCc1nncn1CCN=C(NC1CCCC1)N1CCc2cc(OC)c(OC)cc2C1.I. The van der Waals surface area contributed by atoms with E-state index >= 15 is 0 Å². The molecule has 0 radical (unpaired) electrons. The van der Waals surface area contributed by atoms with Gasteiger partial charge in [-0.3, -0.25) is 4.99 Å². The molecule has 1 N–H and O–H groups in total. The van der Waals surface area contributed by atoms with Crippen LogP contribution in [0.3, 0.4) is 0 Å². The lowest BCUT2D eigenvalue weighted by Gasteiger charge is -2.33. The van der Waals surface area contributed by atoms with Crippen molar-refractivity contribution in [1.29, 1.82) is 0 Å². The van der Waals surface area contributed by atoms with Crippen molar-refractivity contribution in [3.05, 3.63) is 35.4 Å². The molecule has 8 nitrogen and oxygen atoms in total. The third-order valence-electron chi connectivity index (χ3n) is 6.32. The molecule has 1 aromatic heterocycles. The Morgan fingerprint density at radius 3 is 2.56 bits per heavy atom. The smallest absolute Gasteiger partial charge is 0.194 e. The number of hydrogen-bond donors (Lipinski definition) is 1. The largest absolute Gasteiger partial charge is 0.493 e. The molecule has 2 aromatic rings. The highest BCUT2D eigenvalue weighted by Crippen LogP contribution is 2.33. The number of methoxy groups -OCH3 is 2. The quantitative estimate of drug-likeness (QED) is 0.321. The molecule has 2 heterocycles. The van der Waals surface area contributed by atoms with E-state index in [-0.39, 0.29) is 24.0 Å². The van der Waals surface area contributed by atoms with Crippen LogP contribution in [0.1, 0.15) is 49.6 Å². The van der Waals surface area contributed by atoms with Crippen molar-refractivity contribution in [2.75, 3.05) is 27.3 Å². The number of halogens is 1. The van der Waals surface area contributed by atoms with Gasteiger partial charge in [-0.05, 0) is 42.5 Å². The highest BCUT2D eigenvalue weighted by atomic mass is 127. The lowest BCUT2D eigenvalue weighted by atomic mass is 9.99. The first-order valence-electron chi connectivity index (χ1n) is 11.4. The van der Waals surface area contributed by atoms with Gasteiger partial charge >= 0.3 is 0 Å². The molecule has 0 amide bonds. The van der Waals surface area contributed by atoms with E-state index in [1.54, 1.807) is 20.5 Å². The fraction of sp³-hybridized carbons (Fsp3) is 0.609. The van der Waals surface area contributed by atoms with Crippen LogP contribution < -0.4 is 14.8 Å². The Hall–Kier alpha value is -2.04. The van der Waals surface area contributed by atoms with Crippen molar-refractivity contribution in [3.8, 4) is 11.5 Å². The summed E-state index contributed by atoms with van der Waals surface area (Å²) in [6.07, 6.45) is 8.68. The number of hydrogen-bond acceptors (Lipinski definition) is 5. The first-order chi connectivity index (χ1) is 15.2. The number of nitrogens with one attached hydrogen (secondary N) is 1. The molecule has 0 atom stereocenters. The highest BCUT2D eigenvalue weighted by Gasteiger charge is 2.24. The van der Waals surface area contributed by atoms with E-state index in [9.17, 15) is 0 Å². The molecule has 0 saturated heterocycles. The zero-order chi connectivity index (χ0) is 21.6. The Morgan fingerprint density at radius 1 is 1.16 bits per heavy atom. The van der Waals surface area contributed by atoms with Gasteiger partial charge in [0.05, 0.1) is 20.8 Å². The standard InChI is InChI=1S/C23H34N6O2.HI/c1-4-22-27-25-16-29(22)12-10-24-23(26-19-7-5-6-8-19)28-11-9-17-13-20(30-2)21(31-3)14-18(17)15-28;/h13-14,16,19H,4-12,15H2,1-3H3,(H,24,26);1H. The van der Waals surface area contributed by atoms with Crippen LogP contribution in [0.25, 0.3) is 0 Å². The average molecular weight is 554 g/mol.